The van der Waals surface area contributed by atoms with Gasteiger partial charge in [0.25, 0.3) is 0 Å². The Morgan fingerprint density at radius 1 is 1.21 bits per heavy atom. The molecule has 0 aliphatic carbocycles. The zero-order valence-electron chi connectivity index (χ0n) is 13.4. The van der Waals surface area contributed by atoms with E-state index in [-0.39, 0.29) is 11.0 Å². The van der Waals surface area contributed by atoms with E-state index in [0.29, 0.717) is 0 Å². The van der Waals surface area contributed by atoms with Crippen LogP contribution < -0.4 is 5.32 Å². The predicted octanol–water partition coefficient (Wildman–Crippen LogP) is 3.70. The standard InChI is InChI=1S/C15H28BrN3/c1-8-11-13(16)12(19(7)18-11)9-15(5,6)10-17-14(2,3)4/h17H,8-10H2,1-7H3. The molecule has 0 aliphatic rings. The molecule has 1 N–H and O–H groups in total. The maximum atomic E-state index is 4.57. The predicted molar refractivity (Wildman–Crippen MR) is 85.5 cm³/mol. The zero-order chi connectivity index (χ0) is 14.8. The summed E-state index contributed by atoms with van der Waals surface area (Å²) in [5.41, 5.74) is 2.80. The Morgan fingerprint density at radius 3 is 2.21 bits per heavy atom. The van der Waals surface area contributed by atoms with Crippen molar-refractivity contribution in [3.8, 4) is 0 Å². The highest BCUT2D eigenvalue weighted by Crippen LogP contribution is 2.29. The van der Waals surface area contributed by atoms with Gasteiger partial charge in [0.2, 0.25) is 0 Å². The second kappa shape index (κ2) is 5.96. The number of hydrogen-bond acceptors (Lipinski definition) is 2. The summed E-state index contributed by atoms with van der Waals surface area (Å²) in [5.74, 6) is 0. The molecule has 0 atom stereocenters. The van der Waals surface area contributed by atoms with Crippen LogP contribution in [0.25, 0.3) is 0 Å². The third kappa shape index (κ3) is 4.92. The Hall–Kier alpha value is -0.350. The van der Waals surface area contributed by atoms with Gasteiger partial charge in [0.15, 0.2) is 0 Å². The normalized spacial score (nSPS) is 13.1. The lowest BCUT2D eigenvalue weighted by Gasteiger charge is -2.30. The molecule has 0 bridgehead atoms. The zero-order valence-corrected chi connectivity index (χ0v) is 15.0. The fraction of sp³-hybridized carbons (Fsp3) is 0.800. The van der Waals surface area contributed by atoms with E-state index >= 15 is 0 Å². The molecule has 0 saturated heterocycles. The monoisotopic (exact) mass is 329 g/mol. The summed E-state index contributed by atoms with van der Waals surface area (Å²) in [4.78, 5) is 0. The van der Waals surface area contributed by atoms with Gasteiger partial charge in [-0.3, -0.25) is 4.68 Å². The molecular weight excluding hydrogens is 302 g/mol. The highest BCUT2D eigenvalue weighted by atomic mass is 79.9. The van der Waals surface area contributed by atoms with Crippen LogP contribution in [0.1, 0.15) is 52.9 Å². The van der Waals surface area contributed by atoms with Crippen LogP contribution in [-0.2, 0) is 19.9 Å². The van der Waals surface area contributed by atoms with Gasteiger partial charge in [0, 0.05) is 19.1 Å². The lowest BCUT2D eigenvalue weighted by atomic mass is 9.86. The SMILES string of the molecule is CCc1nn(C)c(CC(C)(C)CNC(C)(C)C)c1Br. The summed E-state index contributed by atoms with van der Waals surface area (Å²) >= 11 is 3.70. The fourth-order valence-electron chi connectivity index (χ4n) is 2.03. The number of hydrogen-bond donors (Lipinski definition) is 1. The topological polar surface area (TPSA) is 29.9 Å². The number of aryl methyl sites for hydroxylation is 2. The number of rotatable bonds is 5. The van der Waals surface area contributed by atoms with Crippen molar-refractivity contribution < 1.29 is 0 Å². The molecule has 19 heavy (non-hydrogen) atoms. The van der Waals surface area contributed by atoms with Crippen molar-refractivity contribution in [2.24, 2.45) is 12.5 Å². The average molecular weight is 330 g/mol. The van der Waals surface area contributed by atoms with Crippen molar-refractivity contribution in [1.29, 1.82) is 0 Å². The smallest absolute Gasteiger partial charge is 0.0766 e. The van der Waals surface area contributed by atoms with Gasteiger partial charge < -0.3 is 5.32 Å². The van der Waals surface area contributed by atoms with Crippen molar-refractivity contribution in [2.75, 3.05) is 6.54 Å². The van der Waals surface area contributed by atoms with E-state index in [2.05, 4.69) is 67.9 Å². The molecule has 0 spiro atoms. The van der Waals surface area contributed by atoms with E-state index in [9.17, 15) is 0 Å². The van der Waals surface area contributed by atoms with Crippen molar-refractivity contribution >= 4 is 15.9 Å². The fourth-order valence-corrected chi connectivity index (χ4v) is 2.79. The summed E-state index contributed by atoms with van der Waals surface area (Å²) in [6, 6.07) is 0. The summed E-state index contributed by atoms with van der Waals surface area (Å²) in [6.07, 6.45) is 1.98. The summed E-state index contributed by atoms with van der Waals surface area (Å²) in [7, 11) is 2.03. The molecule has 4 heteroatoms. The summed E-state index contributed by atoms with van der Waals surface area (Å²) in [6.45, 7) is 14.4. The molecule has 0 radical (unpaired) electrons. The highest BCUT2D eigenvalue weighted by molar-refractivity contribution is 9.10. The molecule has 0 aromatic carbocycles. The maximum Gasteiger partial charge on any atom is 0.0766 e. The van der Waals surface area contributed by atoms with Gasteiger partial charge in [-0.1, -0.05) is 20.8 Å². The molecule has 1 aromatic rings. The van der Waals surface area contributed by atoms with Crippen LogP contribution in [0.15, 0.2) is 4.47 Å². The molecule has 0 saturated carbocycles. The Kier molecular flexibility index (Phi) is 5.24. The quantitative estimate of drug-likeness (QED) is 0.892. The largest absolute Gasteiger partial charge is 0.312 e. The summed E-state index contributed by atoms with van der Waals surface area (Å²) < 4.78 is 3.20. The molecule has 0 amide bonds. The minimum atomic E-state index is 0.162. The Morgan fingerprint density at radius 2 is 1.79 bits per heavy atom. The van der Waals surface area contributed by atoms with E-state index in [0.717, 1.165) is 25.1 Å². The minimum Gasteiger partial charge on any atom is -0.312 e. The van der Waals surface area contributed by atoms with E-state index in [1.807, 2.05) is 11.7 Å². The van der Waals surface area contributed by atoms with Crippen LogP contribution >= 0.6 is 15.9 Å². The van der Waals surface area contributed by atoms with Crippen molar-refractivity contribution in [1.82, 2.24) is 15.1 Å². The first-order valence-electron chi connectivity index (χ1n) is 7.01. The van der Waals surface area contributed by atoms with Crippen molar-refractivity contribution in [2.45, 2.75) is 59.9 Å². The van der Waals surface area contributed by atoms with Gasteiger partial charge in [-0.2, -0.15) is 5.10 Å². The van der Waals surface area contributed by atoms with Crippen LogP contribution in [0.4, 0.5) is 0 Å². The molecule has 0 aliphatic heterocycles. The molecule has 1 aromatic heterocycles. The Balaban J connectivity index is 2.80. The first-order valence-corrected chi connectivity index (χ1v) is 7.80. The highest BCUT2D eigenvalue weighted by Gasteiger charge is 2.25. The van der Waals surface area contributed by atoms with Gasteiger partial charge in [-0.15, -0.1) is 0 Å². The van der Waals surface area contributed by atoms with Gasteiger partial charge in [-0.25, -0.2) is 0 Å². The summed E-state index contributed by atoms with van der Waals surface area (Å²) in [5, 5.41) is 8.17. The second-order valence-corrected chi connectivity index (χ2v) is 7.92. The van der Waals surface area contributed by atoms with Gasteiger partial charge >= 0.3 is 0 Å². The number of aromatic nitrogens is 2. The first-order chi connectivity index (χ1) is 8.56. The molecule has 0 unspecified atom stereocenters. The minimum absolute atomic E-state index is 0.162. The Labute approximate surface area is 126 Å². The molecule has 110 valence electrons. The molecule has 1 rings (SSSR count). The van der Waals surface area contributed by atoms with Crippen molar-refractivity contribution in [3.63, 3.8) is 0 Å². The number of nitrogens with one attached hydrogen (secondary N) is 1. The van der Waals surface area contributed by atoms with Crippen LogP contribution in [0, 0.1) is 5.41 Å². The molecule has 3 nitrogen and oxygen atoms in total. The number of nitrogens with zero attached hydrogens (tertiary/aromatic N) is 2. The van der Waals surface area contributed by atoms with Crippen LogP contribution in [0.3, 0.4) is 0 Å². The molecular formula is C15H28BrN3. The Bertz CT molecular complexity index is 427. The third-order valence-corrected chi connectivity index (χ3v) is 4.16. The van der Waals surface area contributed by atoms with E-state index in [4.69, 9.17) is 0 Å². The third-order valence-electron chi connectivity index (χ3n) is 3.25. The lowest BCUT2D eigenvalue weighted by molar-refractivity contribution is 0.284. The number of halogens is 1. The van der Waals surface area contributed by atoms with E-state index in [1.165, 1.54) is 10.2 Å². The lowest BCUT2D eigenvalue weighted by Crippen LogP contribution is -2.42. The average Bonchev–Trinajstić information content (AvgIpc) is 2.53. The first kappa shape index (κ1) is 16.7. The van der Waals surface area contributed by atoms with Gasteiger partial charge in [0.1, 0.15) is 0 Å². The van der Waals surface area contributed by atoms with E-state index < -0.39 is 0 Å². The van der Waals surface area contributed by atoms with Gasteiger partial charge in [-0.05, 0) is 55.0 Å². The van der Waals surface area contributed by atoms with E-state index in [1.54, 1.807) is 0 Å². The van der Waals surface area contributed by atoms with Crippen LogP contribution in [0.2, 0.25) is 0 Å². The maximum absolute atomic E-state index is 4.57. The van der Waals surface area contributed by atoms with Crippen LogP contribution in [-0.4, -0.2) is 21.9 Å². The molecule has 1 heterocycles. The molecule has 0 fully saturated rings. The van der Waals surface area contributed by atoms with Crippen LogP contribution in [0.5, 0.6) is 0 Å². The second-order valence-electron chi connectivity index (χ2n) is 7.13. The van der Waals surface area contributed by atoms with Crippen molar-refractivity contribution in [3.05, 3.63) is 15.9 Å². The van der Waals surface area contributed by atoms with Gasteiger partial charge in [0.05, 0.1) is 15.9 Å².